The van der Waals surface area contributed by atoms with E-state index in [1.165, 1.54) is 0 Å². The fourth-order valence-electron chi connectivity index (χ4n) is 4.63. The molecule has 1 aromatic carbocycles. The van der Waals surface area contributed by atoms with Crippen LogP contribution < -0.4 is 9.64 Å². The van der Waals surface area contributed by atoms with E-state index in [9.17, 15) is 9.90 Å². The Morgan fingerprint density at radius 3 is 2.65 bits per heavy atom. The van der Waals surface area contributed by atoms with E-state index in [0.717, 1.165) is 22.8 Å². The summed E-state index contributed by atoms with van der Waals surface area (Å²) in [5.41, 5.74) is -0.611. The number of aromatic nitrogens is 2. The minimum absolute atomic E-state index is 0.00211. The van der Waals surface area contributed by atoms with Crippen molar-refractivity contribution in [2.24, 2.45) is 5.41 Å². The maximum Gasteiger partial charge on any atom is 0.410 e. The van der Waals surface area contributed by atoms with Crippen molar-refractivity contribution in [3.63, 3.8) is 0 Å². The second kappa shape index (κ2) is 8.58. The number of ether oxygens (including phenoxy) is 2. The summed E-state index contributed by atoms with van der Waals surface area (Å²) < 4.78 is 27.8. The van der Waals surface area contributed by atoms with Gasteiger partial charge in [0.05, 0.1) is 29.8 Å². The van der Waals surface area contributed by atoms with Crippen molar-refractivity contribution >= 4 is 61.3 Å². The summed E-state index contributed by atoms with van der Waals surface area (Å²) in [5.74, 6) is 0.146. The van der Waals surface area contributed by atoms with Gasteiger partial charge in [0, 0.05) is 27.5 Å². The van der Waals surface area contributed by atoms with Crippen LogP contribution in [0.3, 0.4) is 0 Å². The lowest BCUT2D eigenvalue weighted by molar-refractivity contribution is 0.0214. The number of fused-ring (bicyclic) bond motifs is 3. The second-order valence-electron chi connectivity index (χ2n) is 10.5. The number of hydrogen-bond donors (Lipinski definition) is 1. The second-order valence-corrected chi connectivity index (χ2v) is 12.4. The van der Waals surface area contributed by atoms with Crippen LogP contribution >= 0.6 is 38.5 Å². The molecule has 1 aromatic heterocycles. The van der Waals surface area contributed by atoms with Crippen LogP contribution in [0.1, 0.15) is 40.0 Å². The highest BCUT2D eigenvalue weighted by Crippen LogP contribution is 2.45. The Hall–Kier alpha value is -1.47. The number of rotatable bonds is 5. The molecule has 0 radical (unpaired) electrons. The third-order valence-electron chi connectivity index (χ3n) is 6.73. The Morgan fingerprint density at radius 1 is 1.32 bits per heavy atom. The highest BCUT2D eigenvalue weighted by atomic mass is 127. The topological polar surface area (TPSA) is 88.0 Å². The van der Waals surface area contributed by atoms with E-state index in [1.807, 2.05) is 26.8 Å². The fourth-order valence-corrected chi connectivity index (χ4v) is 5.48. The Kier molecular flexibility index (Phi) is 6.11. The first kappa shape index (κ1) is 24.2. The molecule has 1 aliphatic carbocycles. The van der Waals surface area contributed by atoms with Gasteiger partial charge in [0.1, 0.15) is 16.9 Å². The molecule has 3 fully saturated rings. The molecule has 3 heterocycles. The molecule has 11 heteroatoms. The number of aliphatic hydroxyl groups is 1. The summed E-state index contributed by atoms with van der Waals surface area (Å²) in [6.45, 7) is 7.00. The molecule has 3 aliphatic rings. The molecule has 1 saturated carbocycles. The number of nitrogens with zero attached hydrogens (tertiary/aromatic N) is 4. The summed E-state index contributed by atoms with van der Waals surface area (Å²) in [5, 5.41) is 10.2. The fraction of sp³-hybridized carbons (Fsp3) is 0.609. The van der Waals surface area contributed by atoms with Gasteiger partial charge in [0.2, 0.25) is 0 Å². The molecule has 184 valence electrons. The lowest BCUT2D eigenvalue weighted by Crippen LogP contribution is -2.50. The van der Waals surface area contributed by atoms with Crippen LogP contribution in [0.2, 0.25) is 0 Å². The van der Waals surface area contributed by atoms with Crippen LogP contribution in [0, 0.1) is 14.8 Å². The third kappa shape index (κ3) is 4.43. The lowest BCUT2D eigenvalue weighted by Gasteiger charge is -2.36. The molecular weight excluding hydrogens is 622 g/mol. The average molecular weight is 649 g/mol. The van der Waals surface area contributed by atoms with Crippen LogP contribution in [0.5, 0.6) is 6.01 Å². The van der Waals surface area contributed by atoms with Crippen LogP contribution in [0.25, 0.3) is 10.9 Å². The summed E-state index contributed by atoms with van der Waals surface area (Å²) >= 11 is 5.40. The molecule has 2 atom stereocenters. The van der Waals surface area contributed by atoms with Gasteiger partial charge in [-0.25, -0.2) is 9.18 Å². The Balaban J connectivity index is 1.46. The summed E-state index contributed by atoms with van der Waals surface area (Å²) in [6, 6.07) is 2.01. The van der Waals surface area contributed by atoms with Crippen molar-refractivity contribution in [3.05, 3.63) is 19.9 Å². The molecule has 2 bridgehead atoms. The number of benzene rings is 1. The zero-order valence-electron chi connectivity index (χ0n) is 19.3. The standard InChI is InChI=1S/C23H27BrFIN4O4/c1-22(2,3)34-21(32)30-9-12-6-13(30)8-29(12)19-14-7-15(26)16(24)17(25)18(14)27-20(28-19)33-11-23(10-31)4-5-23/h7,12-13,31H,4-6,8-11H2,1-3H3/t12-,13-/m0/s1. The molecule has 1 amide bonds. The molecule has 2 saturated heterocycles. The maximum absolute atomic E-state index is 15.2. The van der Waals surface area contributed by atoms with Crippen molar-refractivity contribution in [1.82, 2.24) is 14.9 Å². The van der Waals surface area contributed by atoms with E-state index < -0.39 is 11.4 Å². The van der Waals surface area contributed by atoms with Crippen LogP contribution in [-0.2, 0) is 4.74 Å². The van der Waals surface area contributed by atoms with E-state index in [0.29, 0.717) is 35.4 Å². The normalized spacial score (nSPS) is 23.0. The van der Waals surface area contributed by atoms with Crippen LogP contribution in [0.4, 0.5) is 15.0 Å². The van der Waals surface area contributed by atoms with Gasteiger partial charge in [-0.3, -0.25) is 0 Å². The predicted molar refractivity (Wildman–Crippen MR) is 137 cm³/mol. The molecule has 1 N–H and O–H groups in total. The van der Waals surface area contributed by atoms with Gasteiger partial charge < -0.3 is 24.4 Å². The monoisotopic (exact) mass is 648 g/mol. The molecular formula is C23H27BrFIN4O4. The number of likely N-dealkylation sites (tertiary alicyclic amines) is 1. The van der Waals surface area contributed by atoms with Gasteiger partial charge in [-0.05, 0) is 84.6 Å². The first-order valence-electron chi connectivity index (χ1n) is 11.4. The molecule has 2 aliphatic heterocycles. The Bertz CT molecular complexity index is 1160. The summed E-state index contributed by atoms with van der Waals surface area (Å²) in [4.78, 5) is 25.7. The van der Waals surface area contributed by atoms with Gasteiger partial charge in [-0.15, -0.1) is 0 Å². The SMILES string of the molecule is CC(C)(C)OC(=O)N1C[C@@H]2C[C@H]1CN2c1nc(OCC2(CO)CC2)nc2c(F)c(Br)c(I)cc12. The molecule has 5 rings (SSSR count). The van der Waals surface area contributed by atoms with Gasteiger partial charge in [-0.2, -0.15) is 9.97 Å². The zero-order chi connectivity index (χ0) is 24.4. The van der Waals surface area contributed by atoms with Crippen molar-refractivity contribution < 1.29 is 23.8 Å². The van der Waals surface area contributed by atoms with Gasteiger partial charge in [-0.1, -0.05) is 0 Å². The van der Waals surface area contributed by atoms with E-state index >= 15 is 4.39 Å². The summed E-state index contributed by atoms with van der Waals surface area (Å²) in [7, 11) is 0. The molecule has 2 aromatic rings. The van der Waals surface area contributed by atoms with Gasteiger partial charge in [0.15, 0.2) is 5.82 Å². The smallest absolute Gasteiger partial charge is 0.410 e. The Labute approximate surface area is 219 Å². The highest BCUT2D eigenvalue weighted by Gasteiger charge is 2.48. The highest BCUT2D eigenvalue weighted by molar-refractivity contribution is 14.1. The number of halogens is 3. The number of carbonyl (C=O) groups is 1. The van der Waals surface area contributed by atoms with E-state index in [2.05, 4.69) is 48.4 Å². The van der Waals surface area contributed by atoms with Gasteiger partial charge >= 0.3 is 12.1 Å². The lowest BCUT2D eigenvalue weighted by atomic mass is 10.1. The number of anilines is 1. The molecule has 0 unspecified atom stereocenters. The maximum atomic E-state index is 15.2. The van der Waals surface area contributed by atoms with E-state index in [1.54, 1.807) is 4.90 Å². The van der Waals surface area contributed by atoms with Crippen LogP contribution in [0.15, 0.2) is 10.5 Å². The number of carbonyl (C=O) groups excluding carboxylic acids is 1. The minimum Gasteiger partial charge on any atom is -0.463 e. The quantitative estimate of drug-likeness (QED) is 0.378. The third-order valence-corrected chi connectivity index (χ3v) is 9.09. The molecule has 0 spiro atoms. The van der Waals surface area contributed by atoms with Crippen molar-refractivity contribution in [2.75, 3.05) is 31.2 Å². The largest absolute Gasteiger partial charge is 0.463 e. The average Bonchev–Trinajstić information content (AvgIpc) is 3.27. The zero-order valence-corrected chi connectivity index (χ0v) is 23.0. The number of hydrogen-bond acceptors (Lipinski definition) is 7. The predicted octanol–water partition coefficient (Wildman–Crippen LogP) is 4.49. The first-order valence-corrected chi connectivity index (χ1v) is 13.2. The van der Waals surface area contributed by atoms with Crippen LogP contribution in [-0.4, -0.2) is 70.1 Å². The minimum atomic E-state index is -0.553. The van der Waals surface area contributed by atoms with E-state index in [4.69, 9.17) is 14.5 Å². The van der Waals surface area contributed by atoms with Crippen molar-refractivity contribution in [1.29, 1.82) is 0 Å². The first-order chi connectivity index (χ1) is 16.0. The Morgan fingerprint density at radius 2 is 2.06 bits per heavy atom. The van der Waals surface area contributed by atoms with Gasteiger partial charge in [0.25, 0.3) is 0 Å². The van der Waals surface area contributed by atoms with E-state index in [-0.39, 0.29) is 41.7 Å². The molecule has 8 nitrogen and oxygen atoms in total. The number of amides is 1. The summed E-state index contributed by atoms with van der Waals surface area (Å²) in [6.07, 6.45) is 2.26. The number of aliphatic hydroxyl groups excluding tert-OH is 1. The van der Waals surface area contributed by atoms with Crippen molar-refractivity contribution in [3.8, 4) is 6.01 Å². The number of piperazine rings is 1. The van der Waals surface area contributed by atoms with Crippen molar-refractivity contribution in [2.45, 2.75) is 57.7 Å². The molecule has 34 heavy (non-hydrogen) atoms.